The summed E-state index contributed by atoms with van der Waals surface area (Å²) in [5.41, 5.74) is 7.23. The van der Waals surface area contributed by atoms with Crippen LogP contribution < -0.4 is 4.57 Å². The maximum absolute atomic E-state index is 4.72. The van der Waals surface area contributed by atoms with Crippen molar-refractivity contribution in [3.05, 3.63) is 70.9 Å². The molecule has 0 N–H and O–H groups in total. The lowest BCUT2D eigenvalue weighted by Crippen LogP contribution is -2.32. The lowest BCUT2D eigenvalue weighted by molar-refractivity contribution is -0.658. The molecule has 0 bridgehead atoms. The third-order valence-corrected chi connectivity index (χ3v) is 5.30. The van der Waals surface area contributed by atoms with Crippen molar-refractivity contribution in [2.45, 2.75) is 34.6 Å². The van der Waals surface area contributed by atoms with Gasteiger partial charge < -0.3 is 0 Å². The number of benzene rings is 2. The van der Waals surface area contributed by atoms with Crippen LogP contribution >= 0.6 is 0 Å². The maximum Gasteiger partial charge on any atom is 0.224 e. The van der Waals surface area contributed by atoms with E-state index in [1.807, 2.05) is 13.8 Å². The molecule has 2 heterocycles. The molecule has 0 aliphatic heterocycles. The second-order valence-electron chi connectivity index (χ2n) is 7.56. The Morgan fingerprint density at radius 3 is 2.21 bits per heavy atom. The summed E-state index contributed by atoms with van der Waals surface area (Å²) in [5.74, 6) is 2.20. The number of nitrogens with zero attached hydrogens (tertiary/aromatic N) is 4. The van der Waals surface area contributed by atoms with Crippen LogP contribution in [-0.4, -0.2) is 15.0 Å². The Balaban J connectivity index is 2.20. The van der Waals surface area contributed by atoms with Gasteiger partial charge in [-0.25, -0.2) is 15.0 Å². The molecule has 0 saturated carbocycles. The van der Waals surface area contributed by atoms with E-state index in [0.29, 0.717) is 0 Å². The van der Waals surface area contributed by atoms with Gasteiger partial charge in [0.25, 0.3) is 0 Å². The minimum atomic E-state index is 0.728. The van der Waals surface area contributed by atoms with Crippen LogP contribution in [0.2, 0.25) is 0 Å². The molecule has 4 rings (SSSR count). The first-order valence-corrected chi connectivity index (χ1v) is 9.54. The zero-order valence-corrected chi connectivity index (χ0v) is 17.3. The lowest BCUT2D eigenvalue weighted by atomic mass is 9.92. The molecule has 0 amide bonds. The van der Waals surface area contributed by atoms with Crippen LogP contribution in [0, 0.1) is 34.6 Å². The molecule has 0 unspecified atom stereocenters. The smallest absolute Gasteiger partial charge is 0.219 e. The normalized spacial score (nSPS) is 11.2. The molecular weight excluding hydrogens is 344 g/mol. The molecule has 0 saturated heterocycles. The number of hydrogen-bond donors (Lipinski definition) is 0. The summed E-state index contributed by atoms with van der Waals surface area (Å²) in [5, 5.41) is 2.32. The first-order chi connectivity index (χ1) is 13.3. The Labute approximate surface area is 166 Å². The van der Waals surface area contributed by atoms with E-state index in [0.717, 1.165) is 34.1 Å². The van der Waals surface area contributed by atoms with E-state index in [1.54, 1.807) is 0 Å². The second-order valence-corrected chi connectivity index (χ2v) is 7.56. The highest BCUT2D eigenvalue weighted by atomic mass is 15.0. The van der Waals surface area contributed by atoms with Crippen LogP contribution in [0.3, 0.4) is 0 Å². The molecule has 4 aromatic rings. The van der Waals surface area contributed by atoms with Crippen LogP contribution in [0.4, 0.5) is 0 Å². The standard InChI is InChI=1S/C24H25N4/c1-14-11-15(2)16(3)21(12-14)23-22(24-26-17(4)25-18(5)27-24)20-10-8-7-9-19(20)13-28(23)6/h7-13H,1-6H3/q+1. The third-order valence-electron chi connectivity index (χ3n) is 5.30. The second kappa shape index (κ2) is 6.79. The lowest BCUT2D eigenvalue weighted by Gasteiger charge is -2.14. The van der Waals surface area contributed by atoms with Crippen LogP contribution in [0.5, 0.6) is 0 Å². The van der Waals surface area contributed by atoms with E-state index in [2.05, 4.69) is 80.0 Å². The summed E-state index contributed by atoms with van der Waals surface area (Å²) in [7, 11) is 2.10. The fraction of sp³-hybridized carbons (Fsp3) is 0.250. The molecule has 0 spiro atoms. The van der Waals surface area contributed by atoms with Gasteiger partial charge in [0.05, 0.1) is 11.1 Å². The number of rotatable bonds is 2. The van der Waals surface area contributed by atoms with Gasteiger partial charge in [-0.1, -0.05) is 29.8 Å². The SMILES string of the molecule is Cc1cc(C)c(C)c(-c2c(-c3nc(C)nc(C)n3)c3ccccc3c[n+]2C)c1. The Kier molecular flexibility index (Phi) is 4.42. The number of aromatic nitrogens is 4. The van der Waals surface area contributed by atoms with E-state index >= 15 is 0 Å². The van der Waals surface area contributed by atoms with E-state index in [-0.39, 0.29) is 0 Å². The van der Waals surface area contributed by atoms with E-state index in [1.165, 1.54) is 27.6 Å². The molecule has 0 atom stereocenters. The van der Waals surface area contributed by atoms with Crippen molar-refractivity contribution in [3.8, 4) is 22.6 Å². The highest BCUT2D eigenvalue weighted by molar-refractivity contribution is 5.99. The quantitative estimate of drug-likeness (QED) is 0.480. The fourth-order valence-corrected chi connectivity index (χ4v) is 3.98. The van der Waals surface area contributed by atoms with E-state index in [4.69, 9.17) is 9.97 Å². The van der Waals surface area contributed by atoms with Crippen molar-refractivity contribution in [2.24, 2.45) is 7.05 Å². The van der Waals surface area contributed by atoms with Crippen LogP contribution in [-0.2, 0) is 7.05 Å². The largest absolute Gasteiger partial charge is 0.224 e. The van der Waals surface area contributed by atoms with E-state index in [9.17, 15) is 0 Å². The Morgan fingerprint density at radius 1 is 0.821 bits per heavy atom. The zero-order chi connectivity index (χ0) is 20.0. The van der Waals surface area contributed by atoms with Crippen LogP contribution in [0.1, 0.15) is 28.3 Å². The average Bonchev–Trinajstić information content (AvgIpc) is 2.63. The topological polar surface area (TPSA) is 42.6 Å². The van der Waals surface area contributed by atoms with Gasteiger partial charge in [0.2, 0.25) is 5.69 Å². The summed E-state index contributed by atoms with van der Waals surface area (Å²) in [4.78, 5) is 13.8. The van der Waals surface area contributed by atoms with Gasteiger partial charge in [0.15, 0.2) is 12.0 Å². The predicted octanol–water partition coefficient (Wildman–Crippen LogP) is 4.73. The van der Waals surface area contributed by atoms with Gasteiger partial charge in [-0.05, 0) is 57.9 Å². The van der Waals surface area contributed by atoms with Gasteiger partial charge in [-0.3, -0.25) is 0 Å². The highest BCUT2D eigenvalue weighted by Crippen LogP contribution is 2.36. The highest BCUT2D eigenvalue weighted by Gasteiger charge is 2.25. The summed E-state index contributed by atoms with van der Waals surface area (Å²) in [6, 6.07) is 12.9. The zero-order valence-electron chi connectivity index (χ0n) is 17.3. The monoisotopic (exact) mass is 369 g/mol. The molecule has 2 aromatic heterocycles. The van der Waals surface area contributed by atoms with Crippen molar-refractivity contribution in [1.29, 1.82) is 0 Å². The van der Waals surface area contributed by atoms with Crippen LogP contribution in [0.15, 0.2) is 42.6 Å². The van der Waals surface area contributed by atoms with Gasteiger partial charge >= 0.3 is 0 Å². The van der Waals surface area contributed by atoms with E-state index < -0.39 is 0 Å². The number of pyridine rings is 1. The molecule has 0 fully saturated rings. The average molecular weight is 369 g/mol. The van der Waals surface area contributed by atoms with Gasteiger partial charge in [-0.2, -0.15) is 4.57 Å². The van der Waals surface area contributed by atoms with Gasteiger partial charge in [-0.15, -0.1) is 0 Å². The first kappa shape index (κ1) is 18.2. The molecule has 4 heteroatoms. The molecule has 28 heavy (non-hydrogen) atoms. The van der Waals surface area contributed by atoms with Crippen molar-refractivity contribution in [2.75, 3.05) is 0 Å². The summed E-state index contributed by atoms with van der Waals surface area (Å²) >= 11 is 0. The molecule has 0 aliphatic rings. The van der Waals surface area contributed by atoms with Crippen LogP contribution in [0.25, 0.3) is 33.4 Å². The molecular formula is C24H25N4+. The third kappa shape index (κ3) is 3.05. The summed E-state index contributed by atoms with van der Waals surface area (Å²) < 4.78 is 2.20. The van der Waals surface area contributed by atoms with Crippen molar-refractivity contribution in [1.82, 2.24) is 15.0 Å². The number of hydrogen-bond acceptors (Lipinski definition) is 3. The minimum Gasteiger partial charge on any atom is -0.219 e. The van der Waals surface area contributed by atoms with Crippen molar-refractivity contribution < 1.29 is 4.57 Å². The fourth-order valence-electron chi connectivity index (χ4n) is 3.98. The minimum absolute atomic E-state index is 0.728. The molecule has 4 nitrogen and oxygen atoms in total. The van der Waals surface area contributed by atoms with Crippen molar-refractivity contribution >= 4 is 10.8 Å². The molecule has 0 radical (unpaired) electrons. The van der Waals surface area contributed by atoms with Crippen molar-refractivity contribution in [3.63, 3.8) is 0 Å². The Morgan fingerprint density at radius 2 is 1.50 bits per heavy atom. The molecule has 2 aromatic carbocycles. The predicted molar refractivity (Wildman–Crippen MR) is 113 cm³/mol. The summed E-state index contributed by atoms with van der Waals surface area (Å²) in [6.07, 6.45) is 2.19. The molecule has 0 aliphatic carbocycles. The maximum atomic E-state index is 4.72. The Bertz CT molecular complexity index is 1200. The summed E-state index contributed by atoms with van der Waals surface area (Å²) in [6.45, 7) is 10.3. The van der Waals surface area contributed by atoms with Gasteiger partial charge in [0, 0.05) is 10.8 Å². The number of aryl methyl sites for hydroxylation is 5. The first-order valence-electron chi connectivity index (χ1n) is 9.54. The molecule has 140 valence electrons. The number of fused-ring (bicyclic) bond motifs is 1. The van der Waals surface area contributed by atoms with Gasteiger partial charge in [0.1, 0.15) is 18.7 Å². The Hall–Kier alpha value is -3.14.